The number of ether oxygens (including phenoxy) is 3. The minimum absolute atomic E-state index is 0.0228. The number of carbonyl (C=O) groups excluding carboxylic acids is 2. The summed E-state index contributed by atoms with van der Waals surface area (Å²) in [6.45, 7) is 2.14. The van der Waals surface area contributed by atoms with Crippen LogP contribution in [0, 0.1) is 0 Å². The van der Waals surface area contributed by atoms with Gasteiger partial charge in [0.15, 0.2) is 16.6 Å². The molecule has 1 amide bonds. The van der Waals surface area contributed by atoms with Gasteiger partial charge in [0.05, 0.1) is 7.11 Å². The number of methoxy groups -OCH3 is 1. The summed E-state index contributed by atoms with van der Waals surface area (Å²) < 4.78 is 15.3. The first kappa shape index (κ1) is 20.2. The Morgan fingerprint density at radius 1 is 1.14 bits per heavy atom. The number of carbonyl (C=O) groups is 2. The highest BCUT2D eigenvalue weighted by Crippen LogP contribution is 2.32. The number of esters is 1. The minimum atomic E-state index is -0.246. The molecule has 0 aromatic heterocycles. The average Bonchev–Trinajstić information content (AvgIpc) is 3.37. The number of hydrazine groups is 1. The molecule has 1 saturated heterocycles. The van der Waals surface area contributed by atoms with Crippen LogP contribution in [-0.4, -0.2) is 54.0 Å². The highest BCUT2D eigenvalue weighted by Gasteiger charge is 2.28. The molecule has 8 nitrogen and oxygen atoms in total. The van der Waals surface area contributed by atoms with Crippen molar-refractivity contribution in [3.05, 3.63) is 23.8 Å². The van der Waals surface area contributed by atoms with Gasteiger partial charge in [-0.1, -0.05) is 6.07 Å². The number of nitrogens with one attached hydrogen (secondary N) is 1. The largest absolute Gasteiger partial charge is 0.469 e. The summed E-state index contributed by atoms with van der Waals surface area (Å²) in [7, 11) is 1.37. The minimum Gasteiger partial charge on any atom is -0.469 e. The zero-order chi connectivity index (χ0) is 19.9. The van der Waals surface area contributed by atoms with Crippen LogP contribution in [-0.2, 0) is 20.9 Å². The molecular formula is C19H25N3O5S. The smallest absolute Gasteiger partial charge is 0.305 e. The van der Waals surface area contributed by atoms with Crippen molar-refractivity contribution in [2.75, 3.05) is 27.0 Å². The van der Waals surface area contributed by atoms with Gasteiger partial charge in [0, 0.05) is 32.5 Å². The summed E-state index contributed by atoms with van der Waals surface area (Å²) in [5.41, 5.74) is 1.02. The number of hydrogen-bond acceptors (Lipinski definition) is 6. The molecule has 0 bridgehead atoms. The second-order valence-corrected chi connectivity index (χ2v) is 7.01. The lowest BCUT2D eigenvalue weighted by Crippen LogP contribution is -2.48. The summed E-state index contributed by atoms with van der Waals surface area (Å²) in [5, 5.41) is 7.26. The molecule has 0 aliphatic carbocycles. The molecule has 1 aromatic carbocycles. The van der Waals surface area contributed by atoms with E-state index >= 15 is 0 Å². The van der Waals surface area contributed by atoms with Crippen molar-refractivity contribution in [2.24, 2.45) is 0 Å². The number of nitrogens with zero attached hydrogens (tertiary/aromatic N) is 2. The maximum atomic E-state index is 12.5. The van der Waals surface area contributed by atoms with E-state index in [9.17, 15) is 9.59 Å². The van der Waals surface area contributed by atoms with E-state index in [4.69, 9.17) is 21.7 Å². The van der Waals surface area contributed by atoms with Crippen LogP contribution in [0.2, 0.25) is 0 Å². The Balaban J connectivity index is 1.46. The molecule has 0 radical (unpaired) electrons. The van der Waals surface area contributed by atoms with Gasteiger partial charge in [-0.3, -0.25) is 19.6 Å². The number of amides is 1. The normalized spacial score (nSPS) is 14.9. The SMILES string of the molecule is COC(=O)CCCCC(=O)N1CCCN1C(=S)NCc1ccc2c(c1)OCO2. The summed E-state index contributed by atoms with van der Waals surface area (Å²) in [4.78, 5) is 23.7. The van der Waals surface area contributed by atoms with Gasteiger partial charge < -0.3 is 19.5 Å². The van der Waals surface area contributed by atoms with Crippen molar-refractivity contribution in [1.29, 1.82) is 0 Å². The van der Waals surface area contributed by atoms with Crippen molar-refractivity contribution >= 4 is 29.2 Å². The summed E-state index contributed by atoms with van der Waals surface area (Å²) in [6.07, 6.45) is 2.88. The van der Waals surface area contributed by atoms with E-state index in [2.05, 4.69) is 10.1 Å². The lowest BCUT2D eigenvalue weighted by molar-refractivity contribution is -0.142. The zero-order valence-corrected chi connectivity index (χ0v) is 16.8. The fourth-order valence-electron chi connectivity index (χ4n) is 3.18. The topological polar surface area (TPSA) is 80.3 Å². The lowest BCUT2D eigenvalue weighted by Gasteiger charge is -2.30. The van der Waals surface area contributed by atoms with Crippen molar-refractivity contribution in [3.63, 3.8) is 0 Å². The number of thiocarbonyl (C=S) groups is 1. The van der Waals surface area contributed by atoms with Gasteiger partial charge >= 0.3 is 5.97 Å². The third-order valence-corrected chi connectivity index (χ3v) is 5.04. The molecule has 1 N–H and O–H groups in total. The number of fused-ring (bicyclic) bond motifs is 1. The lowest BCUT2D eigenvalue weighted by atomic mass is 10.2. The van der Waals surface area contributed by atoms with Crippen molar-refractivity contribution < 1.29 is 23.8 Å². The van der Waals surface area contributed by atoms with Crippen LogP contribution in [0.4, 0.5) is 0 Å². The second kappa shape index (κ2) is 9.59. The number of unbranched alkanes of at least 4 members (excludes halogenated alkanes) is 1. The molecule has 28 heavy (non-hydrogen) atoms. The van der Waals surface area contributed by atoms with Crippen LogP contribution in [0.15, 0.2) is 18.2 Å². The first-order valence-corrected chi connectivity index (χ1v) is 9.80. The molecular weight excluding hydrogens is 382 g/mol. The van der Waals surface area contributed by atoms with Crippen LogP contribution < -0.4 is 14.8 Å². The van der Waals surface area contributed by atoms with Gasteiger partial charge in [-0.25, -0.2) is 0 Å². The van der Waals surface area contributed by atoms with Crippen LogP contribution in [0.5, 0.6) is 11.5 Å². The monoisotopic (exact) mass is 407 g/mol. The molecule has 0 spiro atoms. The maximum absolute atomic E-state index is 12.5. The molecule has 0 atom stereocenters. The van der Waals surface area contributed by atoms with E-state index in [1.54, 1.807) is 5.01 Å². The standard InChI is InChI=1S/C19H25N3O5S/c1-25-18(24)6-3-2-5-17(23)21-9-4-10-22(21)19(28)20-12-14-7-8-15-16(11-14)27-13-26-15/h7-8,11H,2-6,9-10,12-13H2,1H3,(H,20,28). The Labute approximate surface area is 169 Å². The van der Waals surface area contributed by atoms with Gasteiger partial charge in [0.25, 0.3) is 0 Å². The van der Waals surface area contributed by atoms with E-state index in [1.165, 1.54) is 7.11 Å². The van der Waals surface area contributed by atoms with Gasteiger partial charge in [0.1, 0.15) is 0 Å². The summed E-state index contributed by atoms with van der Waals surface area (Å²) in [6, 6.07) is 5.76. The van der Waals surface area contributed by atoms with E-state index in [0.29, 0.717) is 50.4 Å². The van der Waals surface area contributed by atoms with E-state index in [0.717, 1.165) is 23.5 Å². The van der Waals surface area contributed by atoms with E-state index < -0.39 is 0 Å². The summed E-state index contributed by atoms with van der Waals surface area (Å²) >= 11 is 5.50. The molecule has 152 valence electrons. The van der Waals surface area contributed by atoms with Gasteiger partial charge in [-0.05, 0) is 49.2 Å². The molecule has 1 aromatic rings. The van der Waals surface area contributed by atoms with Gasteiger partial charge in [-0.15, -0.1) is 0 Å². The van der Waals surface area contributed by atoms with Crippen LogP contribution in [0.25, 0.3) is 0 Å². The Hall–Kier alpha value is -2.55. The second-order valence-electron chi connectivity index (χ2n) is 6.62. The Bertz CT molecular complexity index is 742. The predicted molar refractivity (Wildman–Crippen MR) is 106 cm³/mol. The summed E-state index contributed by atoms with van der Waals surface area (Å²) in [5.74, 6) is 1.25. The molecule has 1 fully saturated rings. The van der Waals surface area contributed by atoms with Crippen LogP contribution >= 0.6 is 12.2 Å². The Morgan fingerprint density at radius 3 is 2.71 bits per heavy atom. The molecule has 0 saturated carbocycles. The fraction of sp³-hybridized carbons (Fsp3) is 0.526. The van der Waals surface area contributed by atoms with Crippen molar-refractivity contribution in [2.45, 2.75) is 38.6 Å². The quantitative estimate of drug-likeness (QED) is 0.418. The van der Waals surface area contributed by atoms with E-state index in [-0.39, 0.29) is 18.7 Å². The Morgan fingerprint density at radius 2 is 1.89 bits per heavy atom. The zero-order valence-electron chi connectivity index (χ0n) is 15.9. The van der Waals surface area contributed by atoms with Crippen molar-refractivity contribution in [3.8, 4) is 11.5 Å². The predicted octanol–water partition coefficient (Wildman–Crippen LogP) is 1.97. The highest BCUT2D eigenvalue weighted by atomic mass is 32.1. The number of benzene rings is 1. The molecule has 2 heterocycles. The first-order chi connectivity index (χ1) is 13.6. The number of hydrogen-bond donors (Lipinski definition) is 1. The first-order valence-electron chi connectivity index (χ1n) is 9.39. The van der Waals surface area contributed by atoms with Crippen LogP contribution in [0.3, 0.4) is 0 Å². The average molecular weight is 407 g/mol. The Kier molecular flexibility index (Phi) is 6.91. The molecule has 2 aliphatic heterocycles. The molecule has 0 unspecified atom stereocenters. The van der Waals surface area contributed by atoms with Crippen molar-refractivity contribution in [1.82, 2.24) is 15.3 Å². The van der Waals surface area contributed by atoms with E-state index in [1.807, 2.05) is 23.2 Å². The third-order valence-electron chi connectivity index (χ3n) is 4.68. The molecule has 3 rings (SSSR count). The number of rotatable bonds is 7. The molecule has 2 aliphatic rings. The maximum Gasteiger partial charge on any atom is 0.305 e. The fourth-order valence-corrected chi connectivity index (χ4v) is 3.44. The molecule has 9 heteroatoms. The van der Waals surface area contributed by atoms with Gasteiger partial charge in [0.2, 0.25) is 12.7 Å². The van der Waals surface area contributed by atoms with Gasteiger partial charge in [-0.2, -0.15) is 0 Å². The van der Waals surface area contributed by atoms with Crippen LogP contribution in [0.1, 0.15) is 37.7 Å². The highest BCUT2D eigenvalue weighted by molar-refractivity contribution is 7.80. The third kappa shape index (κ3) is 5.03.